The van der Waals surface area contributed by atoms with Gasteiger partial charge in [0.2, 0.25) is 0 Å². The zero-order valence-corrected chi connectivity index (χ0v) is 7.78. The molecule has 0 saturated heterocycles. The lowest BCUT2D eigenvalue weighted by Gasteiger charge is -2.16. The number of halogens is 1. The molecule has 0 aromatic carbocycles. The first-order chi connectivity index (χ1) is 4.45. The van der Waals surface area contributed by atoms with E-state index in [0.29, 0.717) is 0 Å². The average Bonchev–Trinajstić information content (AvgIpc) is 1.59. The normalized spacial score (nSPS) is 9.60. The van der Waals surface area contributed by atoms with Crippen molar-refractivity contribution in [3.8, 4) is 10.8 Å². The van der Waals surface area contributed by atoms with Gasteiger partial charge in [-0.15, -0.1) is 0 Å². The van der Waals surface area contributed by atoms with E-state index >= 15 is 0 Å². The summed E-state index contributed by atoms with van der Waals surface area (Å²) in [7, 11) is 0. The number of esters is 1. The quantitative estimate of drug-likeness (QED) is 0.444. The second-order valence-electron chi connectivity index (χ2n) is 2.72. The number of rotatable bonds is 0. The Kier molecular flexibility index (Phi) is 3.45. The summed E-state index contributed by atoms with van der Waals surface area (Å²) >= 11 is 2.80. The first kappa shape index (κ1) is 9.51. The summed E-state index contributed by atoms with van der Waals surface area (Å²) in [5.41, 5.74) is -0.450. The van der Waals surface area contributed by atoms with Crippen molar-refractivity contribution in [1.29, 1.82) is 0 Å². The number of carbonyl (C=O) groups excluding carboxylic acids is 1. The van der Waals surface area contributed by atoms with Crippen molar-refractivity contribution >= 4 is 21.9 Å². The minimum absolute atomic E-state index is 0.450. The maximum atomic E-state index is 10.6. The number of ether oxygens (including phenoxy) is 1. The predicted molar refractivity (Wildman–Crippen MR) is 42.5 cm³/mol. The van der Waals surface area contributed by atoms with Crippen molar-refractivity contribution in [2.24, 2.45) is 0 Å². The van der Waals surface area contributed by atoms with E-state index in [1.165, 1.54) is 0 Å². The Bertz CT molecular complexity index is 180. The molecule has 0 aliphatic carbocycles. The van der Waals surface area contributed by atoms with Gasteiger partial charge < -0.3 is 4.74 Å². The van der Waals surface area contributed by atoms with E-state index in [1.807, 2.05) is 0 Å². The second kappa shape index (κ2) is 3.62. The number of hydrogen-bond acceptors (Lipinski definition) is 2. The molecule has 0 amide bonds. The summed E-state index contributed by atoms with van der Waals surface area (Å²) in [6.45, 7) is 5.38. The molecule has 0 rings (SSSR count). The molecule has 0 N–H and O–H groups in total. The van der Waals surface area contributed by atoms with E-state index in [2.05, 4.69) is 26.7 Å². The lowest BCUT2D eigenvalue weighted by molar-refractivity contribution is -0.147. The zero-order chi connectivity index (χ0) is 8.20. The van der Waals surface area contributed by atoms with Crippen molar-refractivity contribution in [2.75, 3.05) is 0 Å². The predicted octanol–water partition coefficient (Wildman–Crippen LogP) is 1.68. The van der Waals surface area contributed by atoms with Crippen LogP contribution in [0.5, 0.6) is 0 Å². The third-order valence-electron chi connectivity index (χ3n) is 0.548. The molecule has 0 spiro atoms. The van der Waals surface area contributed by atoms with Gasteiger partial charge in [0.25, 0.3) is 0 Å². The van der Waals surface area contributed by atoms with E-state index in [1.54, 1.807) is 20.8 Å². The van der Waals surface area contributed by atoms with Crippen molar-refractivity contribution < 1.29 is 9.53 Å². The molecule has 56 valence electrons. The Morgan fingerprint density at radius 2 is 2.00 bits per heavy atom. The maximum absolute atomic E-state index is 10.6. The van der Waals surface area contributed by atoms with Gasteiger partial charge in [-0.3, -0.25) is 0 Å². The molecule has 0 bridgehead atoms. The van der Waals surface area contributed by atoms with Crippen LogP contribution < -0.4 is 0 Å². The molecule has 0 aliphatic heterocycles. The van der Waals surface area contributed by atoms with E-state index in [9.17, 15) is 4.79 Å². The number of carbonyl (C=O) groups is 1. The summed E-state index contributed by atoms with van der Waals surface area (Å²) in [6.07, 6.45) is 0. The highest BCUT2D eigenvalue weighted by molar-refractivity contribution is 9.12. The fraction of sp³-hybridized carbons (Fsp3) is 0.571. The molecule has 10 heavy (non-hydrogen) atoms. The van der Waals surface area contributed by atoms with Crippen molar-refractivity contribution in [1.82, 2.24) is 0 Å². The van der Waals surface area contributed by atoms with Crippen LogP contribution in [0.25, 0.3) is 0 Å². The molecule has 0 aliphatic rings. The summed E-state index contributed by atoms with van der Waals surface area (Å²) in [5, 5.41) is 0. The average molecular weight is 205 g/mol. The van der Waals surface area contributed by atoms with Crippen LogP contribution in [-0.2, 0) is 9.53 Å². The Balaban J connectivity index is 3.89. The minimum Gasteiger partial charge on any atom is -0.450 e. The van der Waals surface area contributed by atoms with Gasteiger partial charge in [0.1, 0.15) is 5.60 Å². The van der Waals surface area contributed by atoms with Crippen LogP contribution in [0.4, 0.5) is 0 Å². The third kappa shape index (κ3) is 5.64. The van der Waals surface area contributed by atoms with Crippen LogP contribution in [0.15, 0.2) is 0 Å². The van der Waals surface area contributed by atoms with Gasteiger partial charge in [0.05, 0.1) is 0 Å². The van der Waals surface area contributed by atoms with Crippen molar-refractivity contribution in [3.05, 3.63) is 0 Å². The van der Waals surface area contributed by atoms with E-state index in [0.717, 1.165) is 0 Å². The van der Waals surface area contributed by atoms with Crippen molar-refractivity contribution in [3.63, 3.8) is 0 Å². The van der Waals surface area contributed by atoms with Gasteiger partial charge in [-0.05, 0) is 25.6 Å². The van der Waals surface area contributed by atoms with Crippen LogP contribution in [0.3, 0.4) is 0 Å². The van der Waals surface area contributed by atoms with Crippen molar-refractivity contribution in [2.45, 2.75) is 26.4 Å². The molecule has 0 saturated carbocycles. The highest BCUT2D eigenvalue weighted by Gasteiger charge is 2.13. The first-order valence-corrected chi connectivity index (χ1v) is 3.59. The second-order valence-corrected chi connectivity index (χ2v) is 3.12. The van der Waals surface area contributed by atoms with Crippen LogP contribution >= 0.6 is 15.9 Å². The van der Waals surface area contributed by atoms with Gasteiger partial charge >= 0.3 is 5.97 Å². The Morgan fingerprint density at radius 1 is 1.50 bits per heavy atom. The van der Waals surface area contributed by atoms with E-state index in [4.69, 9.17) is 4.74 Å². The lowest BCUT2D eigenvalue weighted by Crippen LogP contribution is -2.22. The summed E-state index contributed by atoms with van der Waals surface area (Å²) in [6, 6.07) is 0. The molecule has 0 unspecified atom stereocenters. The molecule has 0 fully saturated rings. The molecule has 0 aromatic rings. The largest absolute Gasteiger partial charge is 0.450 e. The zero-order valence-electron chi connectivity index (χ0n) is 6.19. The van der Waals surface area contributed by atoms with Gasteiger partial charge in [0, 0.05) is 21.9 Å². The molecule has 3 heteroatoms. The molecule has 0 radical (unpaired) electrons. The Morgan fingerprint density at radius 3 is 2.30 bits per heavy atom. The van der Waals surface area contributed by atoms with Gasteiger partial charge in [0.15, 0.2) is 0 Å². The standard InChI is InChI=1S/C7H9BrO2/c1-7(2,3)10-6(9)4-5-8/h1-3H3. The summed E-state index contributed by atoms with van der Waals surface area (Å²) in [5.74, 6) is 1.70. The highest BCUT2D eigenvalue weighted by Crippen LogP contribution is 2.05. The van der Waals surface area contributed by atoms with E-state index in [-0.39, 0.29) is 0 Å². The topological polar surface area (TPSA) is 26.3 Å². The lowest BCUT2D eigenvalue weighted by atomic mass is 10.2. The highest BCUT2D eigenvalue weighted by atomic mass is 79.9. The van der Waals surface area contributed by atoms with Crippen LogP contribution in [0, 0.1) is 10.8 Å². The van der Waals surface area contributed by atoms with Crippen LogP contribution in [0.1, 0.15) is 20.8 Å². The van der Waals surface area contributed by atoms with Crippen LogP contribution in [0.2, 0.25) is 0 Å². The van der Waals surface area contributed by atoms with Gasteiger partial charge in [-0.1, -0.05) is 0 Å². The molecule has 2 nitrogen and oxygen atoms in total. The summed E-state index contributed by atoms with van der Waals surface area (Å²) in [4.78, 5) is 12.9. The van der Waals surface area contributed by atoms with Gasteiger partial charge in [-0.2, -0.15) is 0 Å². The smallest absolute Gasteiger partial charge is 0.385 e. The third-order valence-corrected chi connectivity index (χ3v) is 0.746. The first-order valence-electron chi connectivity index (χ1n) is 2.80. The molecule has 0 aromatic heterocycles. The summed E-state index contributed by atoms with van der Waals surface area (Å²) < 4.78 is 4.84. The Hall–Kier alpha value is -0.490. The van der Waals surface area contributed by atoms with E-state index < -0.39 is 11.6 Å². The molecule has 0 atom stereocenters. The minimum atomic E-state index is -0.510. The fourth-order valence-corrected chi connectivity index (χ4v) is 0.504. The maximum Gasteiger partial charge on any atom is 0.385 e. The Labute approximate surface area is 69.1 Å². The fourth-order valence-electron chi connectivity index (χ4n) is 0.342. The number of hydrogen-bond donors (Lipinski definition) is 0. The van der Waals surface area contributed by atoms with Gasteiger partial charge in [-0.25, -0.2) is 4.79 Å². The molecule has 0 heterocycles. The monoisotopic (exact) mass is 204 g/mol. The SMILES string of the molecule is CC(C)(C)OC(=O)C#CBr. The molecular weight excluding hydrogens is 196 g/mol. The van der Waals surface area contributed by atoms with Crippen LogP contribution in [-0.4, -0.2) is 11.6 Å². The molecular formula is C7H9BrO2.